The van der Waals surface area contributed by atoms with Gasteiger partial charge >= 0.3 is 0 Å². The maximum atomic E-state index is 5.99. The first-order valence-electron chi connectivity index (χ1n) is 6.39. The minimum atomic E-state index is 0.628. The highest BCUT2D eigenvalue weighted by Crippen LogP contribution is 2.34. The van der Waals surface area contributed by atoms with Crippen LogP contribution in [0.2, 0.25) is 0 Å². The number of ether oxygens (including phenoxy) is 2. The summed E-state index contributed by atoms with van der Waals surface area (Å²) in [6.45, 7) is 0.769. The average molecular weight is 273 g/mol. The molecule has 0 aliphatic rings. The zero-order chi connectivity index (χ0) is 14.4. The van der Waals surface area contributed by atoms with Crippen LogP contribution in [0.1, 0.15) is 5.56 Å². The number of nitrogen functional groups attached to an aromatic ring is 1. The smallest absolute Gasteiger partial charge is 0.162 e. The van der Waals surface area contributed by atoms with Crippen LogP contribution < -0.4 is 20.5 Å². The van der Waals surface area contributed by atoms with Gasteiger partial charge < -0.3 is 20.5 Å². The van der Waals surface area contributed by atoms with Crippen molar-refractivity contribution in [3.8, 4) is 11.5 Å². The van der Waals surface area contributed by atoms with E-state index in [4.69, 9.17) is 15.2 Å². The van der Waals surface area contributed by atoms with Crippen LogP contribution in [0.25, 0.3) is 0 Å². The molecule has 20 heavy (non-hydrogen) atoms. The Kier molecular flexibility index (Phi) is 4.65. The summed E-state index contributed by atoms with van der Waals surface area (Å²) in [5, 5.41) is 3.30. The Bertz CT molecular complexity index is 559. The predicted octanol–water partition coefficient (Wildman–Crippen LogP) is 2.34. The topological polar surface area (TPSA) is 69.4 Å². The molecule has 1 aromatic carbocycles. The highest BCUT2D eigenvalue weighted by molar-refractivity contribution is 5.72. The van der Waals surface area contributed by atoms with E-state index in [-0.39, 0.29) is 0 Å². The molecule has 2 rings (SSSR count). The lowest BCUT2D eigenvalue weighted by molar-refractivity contribution is 0.355. The highest BCUT2D eigenvalue weighted by atomic mass is 16.5. The second-order valence-corrected chi connectivity index (χ2v) is 4.33. The molecule has 3 N–H and O–H groups in total. The van der Waals surface area contributed by atoms with Crippen molar-refractivity contribution in [3.63, 3.8) is 0 Å². The molecule has 1 heterocycles. The van der Waals surface area contributed by atoms with Gasteiger partial charge in [-0.05, 0) is 18.1 Å². The number of methoxy groups -OCH3 is 2. The van der Waals surface area contributed by atoms with E-state index in [2.05, 4.69) is 10.3 Å². The van der Waals surface area contributed by atoms with E-state index in [0.29, 0.717) is 17.2 Å². The molecular formula is C15H19N3O2. The number of anilines is 2. The third-order valence-electron chi connectivity index (χ3n) is 3.01. The molecule has 0 atom stereocenters. The van der Waals surface area contributed by atoms with E-state index in [1.54, 1.807) is 26.5 Å². The average Bonchev–Trinajstić information content (AvgIpc) is 2.49. The summed E-state index contributed by atoms with van der Waals surface area (Å²) in [5.41, 5.74) is 8.64. The first-order valence-corrected chi connectivity index (χ1v) is 6.39. The Hall–Kier alpha value is -2.43. The Labute approximate surface area is 118 Å². The number of nitrogens with one attached hydrogen (secondary N) is 1. The lowest BCUT2D eigenvalue weighted by Gasteiger charge is -2.14. The molecule has 0 amide bonds. The highest BCUT2D eigenvalue weighted by Gasteiger charge is 2.08. The quantitative estimate of drug-likeness (QED) is 0.791. The molecule has 106 valence electrons. The van der Waals surface area contributed by atoms with Gasteiger partial charge in [0.1, 0.15) is 0 Å². The summed E-state index contributed by atoms with van der Waals surface area (Å²) in [7, 11) is 3.19. The van der Waals surface area contributed by atoms with Gasteiger partial charge in [0.25, 0.3) is 0 Å². The van der Waals surface area contributed by atoms with Crippen molar-refractivity contribution in [1.82, 2.24) is 4.98 Å². The first kappa shape index (κ1) is 14.0. The monoisotopic (exact) mass is 273 g/mol. The van der Waals surface area contributed by atoms with E-state index < -0.39 is 0 Å². The van der Waals surface area contributed by atoms with Crippen molar-refractivity contribution in [3.05, 3.63) is 42.2 Å². The second-order valence-electron chi connectivity index (χ2n) is 4.33. The summed E-state index contributed by atoms with van der Waals surface area (Å²) in [6, 6.07) is 7.58. The number of hydrogen-bond donors (Lipinski definition) is 2. The minimum Gasteiger partial charge on any atom is -0.493 e. The fourth-order valence-corrected chi connectivity index (χ4v) is 1.94. The summed E-state index contributed by atoms with van der Waals surface area (Å²) < 4.78 is 10.5. The Morgan fingerprint density at radius 1 is 1.20 bits per heavy atom. The predicted molar refractivity (Wildman–Crippen MR) is 80.4 cm³/mol. The normalized spacial score (nSPS) is 10.1. The maximum absolute atomic E-state index is 5.99. The van der Waals surface area contributed by atoms with E-state index in [9.17, 15) is 0 Å². The molecule has 5 heteroatoms. The number of pyridine rings is 1. The molecule has 0 spiro atoms. The van der Waals surface area contributed by atoms with Gasteiger partial charge in [0.2, 0.25) is 0 Å². The molecule has 0 unspecified atom stereocenters. The molecule has 0 aliphatic heterocycles. The van der Waals surface area contributed by atoms with Crippen LogP contribution in [0, 0.1) is 0 Å². The molecule has 0 fully saturated rings. The van der Waals surface area contributed by atoms with Gasteiger partial charge in [0, 0.05) is 31.1 Å². The molecule has 0 radical (unpaired) electrons. The third-order valence-corrected chi connectivity index (χ3v) is 3.01. The molecule has 1 aromatic heterocycles. The van der Waals surface area contributed by atoms with Gasteiger partial charge in [0.05, 0.1) is 25.6 Å². The Morgan fingerprint density at radius 3 is 2.60 bits per heavy atom. The minimum absolute atomic E-state index is 0.628. The molecule has 0 saturated carbocycles. The van der Waals surface area contributed by atoms with E-state index in [0.717, 1.165) is 18.7 Å². The van der Waals surface area contributed by atoms with E-state index >= 15 is 0 Å². The standard InChI is InChI=1S/C15H19N3O2/c1-19-14-8-12(16)13(9-15(14)20-2)18-7-5-11-4-3-6-17-10-11/h3-4,6,8-10,18H,5,7,16H2,1-2H3. The van der Waals surface area contributed by atoms with Crippen LogP contribution in [0.3, 0.4) is 0 Å². The number of nitrogens with two attached hydrogens (primary N) is 1. The SMILES string of the molecule is COc1cc(N)c(NCCc2cccnc2)cc1OC. The van der Waals surface area contributed by atoms with E-state index in [1.807, 2.05) is 24.4 Å². The van der Waals surface area contributed by atoms with Crippen LogP contribution >= 0.6 is 0 Å². The molecule has 5 nitrogen and oxygen atoms in total. The molecule has 0 bridgehead atoms. The van der Waals surface area contributed by atoms with Crippen LogP contribution in [0.5, 0.6) is 11.5 Å². The number of benzene rings is 1. The molecule has 0 aliphatic carbocycles. The number of aromatic nitrogens is 1. The summed E-state index contributed by atoms with van der Waals surface area (Å²) >= 11 is 0. The van der Waals surface area contributed by atoms with E-state index in [1.165, 1.54) is 5.56 Å². The van der Waals surface area contributed by atoms with Crippen molar-refractivity contribution in [1.29, 1.82) is 0 Å². The Balaban J connectivity index is 2.02. The number of nitrogens with zero attached hydrogens (tertiary/aromatic N) is 1. The van der Waals surface area contributed by atoms with Crippen LogP contribution in [0.4, 0.5) is 11.4 Å². The summed E-state index contributed by atoms with van der Waals surface area (Å²) in [4.78, 5) is 4.09. The van der Waals surface area contributed by atoms with Crippen LogP contribution in [0.15, 0.2) is 36.7 Å². The Morgan fingerprint density at radius 2 is 1.95 bits per heavy atom. The zero-order valence-corrected chi connectivity index (χ0v) is 11.7. The lowest BCUT2D eigenvalue weighted by atomic mass is 10.2. The zero-order valence-electron chi connectivity index (χ0n) is 11.7. The lowest BCUT2D eigenvalue weighted by Crippen LogP contribution is -2.07. The van der Waals surface area contributed by atoms with Crippen molar-refractivity contribution in [2.75, 3.05) is 31.8 Å². The molecule has 2 aromatic rings. The third kappa shape index (κ3) is 3.32. The summed E-state index contributed by atoms with van der Waals surface area (Å²) in [6.07, 6.45) is 4.50. The number of hydrogen-bond acceptors (Lipinski definition) is 5. The fraction of sp³-hybridized carbons (Fsp3) is 0.267. The van der Waals surface area contributed by atoms with Gasteiger partial charge in [-0.1, -0.05) is 6.07 Å². The van der Waals surface area contributed by atoms with Gasteiger partial charge in [0.15, 0.2) is 11.5 Å². The van der Waals surface area contributed by atoms with Gasteiger partial charge in [-0.3, -0.25) is 4.98 Å². The summed E-state index contributed by atoms with van der Waals surface area (Å²) in [5.74, 6) is 1.29. The fourth-order valence-electron chi connectivity index (χ4n) is 1.94. The second kappa shape index (κ2) is 6.65. The van der Waals surface area contributed by atoms with Gasteiger partial charge in [-0.25, -0.2) is 0 Å². The maximum Gasteiger partial charge on any atom is 0.162 e. The van der Waals surface area contributed by atoms with Crippen LogP contribution in [-0.4, -0.2) is 25.7 Å². The van der Waals surface area contributed by atoms with Crippen LogP contribution in [-0.2, 0) is 6.42 Å². The van der Waals surface area contributed by atoms with Gasteiger partial charge in [-0.15, -0.1) is 0 Å². The first-order chi connectivity index (χ1) is 9.74. The van der Waals surface area contributed by atoms with Crippen molar-refractivity contribution in [2.24, 2.45) is 0 Å². The van der Waals surface area contributed by atoms with Gasteiger partial charge in [-0.2, -0.15) is 0 Å². The number of rotatable bonds is 6. The molecular weight excluding hydrogens is 254 g/mol. The molecule has 0 saturated heterocycles. The van der Waals surface area contributed by atoms with Crippen molar-refractivity contribution in [2.45, 2.75) is 6.42 Å². The van der Waals surface area contributed by atoms with Crippen molar-refractivity contribution < 1.29 is 9.47 Å². The van der Waals surface area contributed by atoms with Crippen molar-refractivity contribution >= 4 is 11.4 Å². The largest absolute Gasteiger partial charge is 0.493 e.